The van der Waals surface area contributed by atoms with Gasteiger partial charge < -0.3 is 19.3 Å². The molecule has 4 heteroatoms. The minimum Gasteiger partial charge on any atom is -0.504 e. The van der Waals surface area contributed by atoms with Crippen LogP contribution in [0.3, 0.4) is 0 Å². The Morgan fingerprint density at radius 1 is 1.00 bits per heavy atom. The standard InChI is InChI=1S/C20H24O4/c1-14(2)5-8-16-11-18(21)20(23-4)12-19(16)24-13-15-6-9-17(22-3)10-7-15/h5-7,9-12,21H,8,13H2,1-4H3. The fraction of sp³-hybridized carbons (Fsp3) is 0.300. The van der Waals surface area contributed by atoms with Crippen molar-refractivity contribution in [2.75, 3.05) is 14.2 Å². The molecule has 0 bridgehead atoms. The summed E-state index contributed by atoms with van der Waals surface area (Å²) in [5, 5.41) is 10.0. The Bertz CT molecular complexity index is 698. The first kappa shape index (κ1) is 17.7. The van der Waals surface area contributed by atoms with E-state index in [1.807, 2.05) is 38.1 Å². The maximum absolute atomic E-state index is 10.0. The third kappa shape index (κ3) is 4.69. The van der Waals surface area contributed by atoms with Crippen LogP contribution in [0.4, 0.5) is 0 Å². The summed E-state index contributed by atoms with van der Waals surface area (Å²) < 4.78 is 16.3. The van der Waals surface area contributed by atoms with Crippen LogP contribution in [0, 0.1) is 0 Å². The summed E-state index contributed by atoms with van der Waals surface area (Å²) in [6.07, 6.45) is 2.79. The Kier molecular flexibility index (Phi) is 6.13. The van der Waals surface area contributed by atoms with Crippen LogP contribution in [0.1, 0.15) is 25.0 Å². The van der Waals surface area contributed by atoms with Crippen molar-refractivity contribution in [2.24, 2.45) is 0 Å². The number of hydrogen-bond acceptors (Lipinski definition) is 4. The van der Waals surface area contributed by atoms with Gasteiger partial charge in [0.15, 0.2) is 11.5 Å². The van der Waals surface area contributed by atoms with Gasteiger partial charge in [-0.2, -0.15) is 0 Å². The van der Waals surface area contributed by atoms with Gasteiger partial charge in [0.25, 0.3) is 0 Å². The van der Waals surface area contributed by atoms with Gasteiger partial charge in [-0.3, -0.25) is 0 Å². The van der Waals surface area contributed by atoms with Crippen molar-refractivity contribution in [3.8, 4) is 23.0 Å². The van der Waals surface area contributed by atoms with Gasteiger partial charge in [-0.15, -0.1) is 0 Å². The van der Waals surface area contributed by atoms with Crippen molar-refractivity contribution in [2.45, 2.75) is 26.9 Å². The molecule has 0 saturated carbocycles. The highest BCUT2D eigenvalue weighted by atomic mass is 16.5. The van der Waals surface area contributed by atoms with Crippen molar-refractivity contribution in [1.29, 1.82) is 0 Å². The fourth-order valence-electron chi connectivity index (χ4n) is 2.25. The number of aromatic hydroxyl groups is 1. The van der Waals surface area contributed by atoms with Gasteiger partial charge in [-0.25, -0.2) is 0 Å². The lowest BCUT2D eigenvalue weighted by molar-refractivity contribution is 0.298. The Morgan fingerprint density at radius 2 is 1.71 bits per heavy atom. The highest BCUT2D eigenvalue weighted by Crippen LogP contribution is 2.35. The van der Waals surface area contributed by atoms with Gasteiger partial charge in [0.1, 0.15) is 18.1 Å². The van der Waals surface area contributed by atoms with Crippen molar-refractivity contribution in [1.82, 2.24) is 0 Å². The summed E-state index contributed by atoms with van der Waals surface area (Å²) in [7, 11) is 3.17. The maximum atomic E-state index is 10.0. The molecule has 2 aromatic carbocycles. The van der Waals surface area contributed by atoms with Crippen LogP contribution in [-0.2, 0) is 13.0 Å². The molecule has 0 spiro atoms. The van der Waals surface area contributed by atoms with Crippen LogP contribution < -0.4 is 14.2 Å². The van der Waals surface area contributed by atoms with Crippen LogP contribution >= 0.6 is 0 Å². The molecule has 0 aromatic heterocycles. The van der Waals surface area contributed by atoms with Gasteiger partial charge in [0, 0.05) is 11.6 Å². The van der Waals surface area contributed by atoms with Gasteiger partial charge >= 0.3 is 0 Å². The lowest BCUT2D eigenvalue weighted by Gasteiger charge is -2.14. The number of benzene rings is 2. The molecule has 0 aliphatic heterocycles. The van der Waals surface area contributed by atoms with E-state index in [0.29, 0.717) is 24.5 Å². The fourth-order valence-corrected chi connectivity index (χ4v) is 2.25. The number of phenolic OH excluding ortho intramolecular Hbond substituents is 1. The van der Waals surface area contributed by atoms with Crippen molar-refractivity contribution < 1.29 is 19.3 Å². The van der Waals surface area contributed by atoms with E-state index >= 15 is 0 Å². The topological polar surface area (TPSA) is 47.9 Å². The van der Waals surface area contributed by atoms with E-state index in [4.69, 9.17) is 14.2 Å². The molecule has 0 unspecified atom stereocenters. The molecule has 0 fully saturated rings. The molecule has 0 aliphatic carbocycles. The zero-order valence-electron chi connectivity index (χ0n) is 14.6. The van der Waals surface area contributed by atoms with Gasteiger partial charge in [-0.05, 0) is 44.0 Å². The first-order valence-corrected chi connectivity index (χ1v) is 7.82. The summed E-state index contributed by atoms with van der Waals surface area (Å²) in [5.74, 6) is 2.04. The quantitative estimate of drug-likeness (QED) is 0.760. The minimum atomic E-state index is 0.117. The third-order valence-corrected chi connectivity index (χ3v) is 3.65. The summed E-state index contributed by atoms with van der Waals surface area (Å²) in [4.78, 5) is 0. The van der Waals surface area contributed by atoms with Crippen LogP contribution in [0.25, 0.3) is 0 Å². The smallest absolute Gasteiger partial charge is 0.164 e. The second kappa shape index (κ2) is 8.29. The van der Waals surface area contributed by atoms with E-state index in [-0.39, 0.29) is 5.75 Å². The molecule has 2 aromatic rings. The van der Waals surface area contributed by atoms with Crippen LogP contribution in [-0.4, -0.2) is 19.3 Å². The average Bonchev–Trinajstić information content (AvgIpc) is 2.59. The predicted octanol–water partition coefficient (Wildman–Crippen LogP) is 4.50. The van der Waals surface area contributed by atoms with Crippen molar-refractivity contribution >= 4 is 0 Å². The molecule has 0 aliphatic rings. The molecular formula is C20H24O4. The van der Waals surface area contributed by atoms with Gasteiger partial charge in [0.2, 0.25) is 0 Å². The molecule has 2 rings (SSSR count). The SMILES string of the molecule is COc1ccc(COc2cc(OC)c(O)cc2CC=C(C)C)cc1. The Balaban J connectivity index is 2.20. The van der Waals surface area contributed by atoms with E-state index in [1.54, 1.807) is 19.2 Å². The number of rotatable bonds is 7. The lowest BCUT2D eigenvalue weighted by Crippen LogP contribution is -2.00. The van der Waals surface area contributed by atoms with Crippen molar-refractivity contribution in [3.05, 3.63) is 59.2 Å². The third-order valence-electron chi connectivity index (χ3n) is 3.65. The Morgan fingerprint density at radius 3 is 2.29 bits per heavy atom. The normalized spacial score (nSPS) is 10.2. The monoisotopic (exact) mass is 328 g/mol. The van der Waals surface area contributed by atoms with Crippen molar-refractivity contribution in [3.63, 3.8) is 0 Å². The number of allylic oxidation sites excluding steroid dienone is 2. The number of hydrogen-bond donors (Lipinski definition) is 1. The molecule has 0 heterocycles. The van der Waals surface area contributed by atoms with Gasteiger partial charge in [-0.1, -0.05) is 23.8 Å². The van der Waals surface area contributed by atoms with E-state index in [9.17, 15) is 5.11 Å². The molecule has 1 N–H and O–H groups in total. The first-order chi connectivity index (χ1) is 11.5. The minimum absolute atomic E-state index is 0.117. The zero-order chi connectivity index (χ0) is 17.5. The summed E-state index contributed by atoms with van der Waals surface area (Å²) in [6, 6.07) is 11.2. The van der Waals surface area contributed by atoms with Crippen LogP contribution in [0.2, 0.25) is 0 Å². The summed E-state index contributed by atoms with van der Waals surface area (Å²) >= 11 is 0. The molecule has 0 radical (unpaired) electrons. The van der Waals surface area contributed by atoms with E-state index in [2.05, 4.69) is 6.08 Å². The molecular weight excluding hydrogens is 304 g/mol. The molecule has 0 saturated heterocycles. The summed E-state index contributed by atoms with van der Waals surface area (Å²) in [6.45, 7) is 4.52. The molecule has 128 valence electrons. The molecule has 0 amide bonds. The molecule has 24 heavy (non-hydrogen) atoms. The highest BCUT2D eigenvalue weighted by Gasteiger charge is 2.11. The van der Waals surface area contributed by atoms with Crippen LogP contribution in [0.5, 0.6) is 23.0 Å². The highest BCUT2D eigenvalue weighted by molar-refractivity contribution is 5.50. The first-order valence-electron chi connectivity index (χ1n) is 7.82. The largest absolute Gasteiger partial charge is 0.504 e. The maximum Gasteiger partial charge on any atom is 0.164 e. The molecule has 0 atom stereocenters. The van der Waals surface area contributed by atoms with E-state index < -0.39 is 0 Å². The van der Waals surface area contributed by atoms with E-state index in [0.717, 1.165) is 16.9 Å². The molecule has 4 nitrogen and oxygen atoms in total. The van der Waals surface area contributed by atoms with Crippen LogP contribution in [0.15, 0.2) is 48.0 Å². The Labute approximate surface area is 143 Å². The zero-order valence-corrected chi connectivity index (χ0v) is 14.6. The second-order valence-electron chi connectivity index (χ2n) is 5.75. The summed E-state index contributed by atoms with van der Waals surface area (Å²) in [5.41, 5.74) is 3.17. The van der Waals surface area contributed by atoms with E-state index in [1.165, 1.54) is 12.7 Å². The predicted molar refractivity (Wildman–Crippen MR) is 95.1 cm³/mol. The average molecular weight is 328 g/mol. The van der Waals surface area contributed by atoms with Gasteiger partial charge in [0.05, 0.1) is 14.2 Å². The number of phenols is 1. The Hall–Kier alpha value is -2.62. The number of ether oxygens (including phenoxy) is 3. The lowest BCUT2D eigenvalue weighted by atomic mass is 10.1. The second-order valence-corrected chi connectivity index (χ2v) is 5.75. The number of methoxy groups -OCH3 is 2.